The molecule has 0 aliphatic heterocycles. The molecule has 0 spiro atoms. The van der Waals surface area contributed by atoms with Gasteiger partial charge >= 0.3 is 0 Å². The smallest absolute Gasteiger partial charge is 0.238 e. The molecule has 1 heterocycles. The van der Waals surface area contributed by atoms with Crippen LogP contribution in [0.4, 0.5) is 14.5 Å². The Morgan fingerprint density at radius 2 is 1.84 bits per heavy atom. The van der Waals surface area contributed by atoms with Gasteiger partial charge in [-0.2, -0.15) is 0 Å². The number of hydrogen-bond donors (Lipinski definition) is 2. The van der Waals surface area contributed by atoms with E-state index in [-0.39, 0.29) is 18.3 Å². The molecule has 0 aliphatic carbocycles. The van der Waals surface area contributed by atoms with Gasteiger partial charge in [-0.3, -0.25) is 10.1 Å². The lowest BCUT2D eigenvalue weighted by atomic mass is 10.1. The molecule has 0 unspecified atom stereocenters. The van der Waals surface area contributed by atoms with Gasteiger partial charge in [-0.05, 0) is 29.1 Å². The zero-order valence-electron chi connectivity index (χ0n) is 13.2. The van der Waals surface area contributed by atoms with Crippen LogP contribution in [0, 0.1) is 11.6 Å². The Balaban J connectivity index is 1.69. The first-order valence-corrected chi connectivity index (χ1v) is 8.58. The van der Waals surface area contributed by atoms with Gasteiger partial charge in [0.2, 0.25) is 5.91 Å². The van der Waals surface area contributed by atoms with Crippen molar-refractivity contribution in [3.63, 3.8) is 0 Å². The standard InChI is InChI=1S/C19H16F2N2OS/c20-14-8-9-15(21)16(11-14)23-18(24)12-22-19(17-7-4-10-25-17)13-5-2-1-3-6-13/h1-11,19,22H,12H2,(H,23,24)/t19-/m1/s1. The average Bonchev–Trinajstić information content (AvgIpc) is 3.14. The SMILES string of the molecule is O=C(CN[C@H](c1ccccc1)c1cccs1)Nc1cc(F)ccc1F. The highest BCUT2D eigenvalue weighted by Crippen LogP contribution is 2.25. The van der Waals surface area contributed by atoms with Gasteiger partial charge in [0.15, 0.2) is 0 Å². The lowest BCUT2D eigenvalue weighted by molar-refractivity contribution is -0.115. The van der Waals surface area contributed by atoms with Gasteiger partial charge in [-0.25, -0.2) is 8.78 Å². The van der Waals surface area contributed by atoms with Gasteiger partial charge in [-0.1, -0.05) is 36.4 Å². The Morgan fingerprint density at radius 1 is 1.04 bits per heavy atom. The van der Waals surface area contributed by atoms with E-state index in [4.69, 9.17) is 0 Å². The van der Waals surface area contributed by atoms with E-state index in [0.717, 1.165) is 28.6 Å². The van der Waals surface area contributed by atoms with Crippen molar-refractivity contribution < 1.29 is 13.6 Å². The summed E-state index contributed by atoms with van der Waals surface area (Å²) in [6, 6.07) is 16.5. The van der Waals surface area contributed by atoms with Crippen molar-refractivity contribution in [1.82, 2.24) is 5.32 Å². The van der Waals surface area contributed by atoms with Gasteiger partial charge in [0.25, 0.3) is 0 Å². The Hall–Kier alpha value is -2.57. The first kappa shape index (κ1) is 17.3. The van der Waals surface area contributed by atoms with Gasteiger partial charge in [0.05, 0.1) is 18.3 Å². The monoisotopic (exact) mass is 358 g/mol. The number of nitrogens with one attached hydrogen (secondary N) is 2. The molecule has 1 amide bonds. The molecule has 3 nitrogen and oxygen atoms in total. The number of anilines is 1. The van der Waals surface area contributed by atoms with Gasteiger partial charge < -0.3 is 5.32 Å². The number of carbonyl (C=O) groups is 1. The lowest BCUT2D eigenvalue weighted by Crippen LogP contribution is -2.31. The molecule has 128 valence electrons. The van der Waals surface area contributed by atoms with E-state index in [1.807, 2.05) is 47.8 Å². The summed E-state index contributed by atoms with van der Waals surface area (Å²) in [6.45, 7) is -0.0343. The van der Waals surface area contributed by atoms with E-state index in [1.165, 1.54) is 0 Å². The summed E-state index contributed by atoms with van der Waals surface area (Å²) in [5.74, 6) is -1.72. The van der Waals surface area contributed by atoms with Crippen molar-refractivity contribution in [2.45, 2.75) is 6.04 Å². The topological polar surface area (TPSA) is 41.1 Å². The van der Waals surface area contributed by atoms with Crippen LogP contribution in [0.2, 0.25) is 0 Å². The van der Waals surface area contributed by atoms with Crippen LogP contribution in [0.3, 0.4) is 0 Å². The molecule has 6 heteroatoms. The molecule has 3 aromatic rings. The summed E-state index contributed by atoms with van der Waals surface area (Å²) in [5.41, 5.74) is 0.855. The molecule has 0 saturated carbocycles. The molecule has 0 radical (unpaired) electrons. The quantitative estimate of drug-likeness (QED) is 0.688. The van der Waals surface area contributed by atoms with Gasteiger partial charge in [-0.15, -0.1) is 11.3 Å². The summed E-state index contributed by atoms with van der Waals surface area (Å²) in [5, 5.41) is 7.53. The maximum Gasteiger partial charge on any atom is 0.238 e. The molecule has 2 N–H and O–H groups in total. The maximum absolute atomic E-state index is 13.6. The van der Waals surface area contributed by atoms with Crippen molar-refractivity contribution >= 4 is 22.9 Å². The minimum atomic E-state index is -0.674. The molecule has 1 aromatic heterocycles. The van der Waals surface area contributed by atoms with Crippen LogP contribution in [0.5, 0.6) is 0 Å². The summed E-state index contributed by atoms with van der Waals surface area (Å²) < 4.78 is 26.8. The van der Waals surface area contributed by atoms with Crippen LogP contribution in [0.15, 0.2) is 66.0 Å². The van der Waals surface area contributed by atoms with Crippen LogP contribution in [-0.4, -0.2) is 12.5 Å². The molecule has 25 heavy (non-hydrogen) atoms. The van der Waals surface area contributed by atoms with E-state index in [2.05, 4.69) is 10.6 Å². The second-order valence-corrected chi connectivity index (χ2v) is 6.39. The maximum atomic E-state index is 13.6. The number of amides is 1. The predicted octanol–water partition coefficient (Wildman–Crippen LogP) is 4.34. The fourth-order valence-corrected chi connectivity index (χ4v) is 3.29. The third-order valence-corrected chi connectivity index (χ3v) is 4.57. The summed E-state index contributed by atoms with van der Waals surface area (Å²) in [6.07, 6.45) is 0. The number of halogens is 2. The number of thiophene rings is 1. The summed E-state index contributed by atoms with van der Waals surface area (Å²) in [4.78, 5) is 13.2. The first-order valence-electron chi connectivity index (χ1n) is 7.70. The highest BCUT2D eigenvalue weighted by atomic mass is 32.1. The minimum Gasteiger partial charge on any atom is -0.322 e. The van der Waals surface area contributed by atoms with Crippen molar-refractivity contribution in [1.29, 1.82) is 0 Å². The highest BCUT2D eigenvalue weighted by molar-refractivity contribution is 7.10. The molecule has 1 atom stereocenters. The fraction of sp³-hybridized carbons (Fsp3) is 0.105. The zero-order chi connectivity index (χ0) is 17.6. The van der Waals surface area contributed by atoms with Crippen LogP contribution >= 0.6 is 11.3 Å². The molecular weight excluding hydrogens is 342 g/mol. The van der Waals surface area contributed by atoms with Crippen molar-refractivity contribution in [3.05, 3.63) is 88.1 Å². The average molecular weight is 358 g/mol. The van der Waals surface area contributed by atoms with E-state index < -0.39 is 17.5 Å². The molecule has 0 aliphatic rings. The first-order chi connectivity index (χ1) is 12.1. The third kappa shape index (κ3) is 4.49. The zero-order valence-corrected chi connectivity index (χ0v) is 14.0. The number of hydrogen-bond acceptors (Lipinski definition) is 3. The summed E-state index contributed by atoms with van der Waals surface area (Å²) in [7, 11) is 0. The van der Waals surface area contributed by atoms with Crippen LogP contribution in [-0.2, 0) is 4.79 Å². The Bertz CT molecular complexity index is 838. The Kier molecular flexibility index (Phi) is 5.53. The number of rotatable bonds is 6. The normalized spacial score (nSPS) is 11.9. The van der Waals surface area contributed by atoms with Crippen LogP contribution in [0.1, 0.15) is 16.5 Å². The van der Waals surface area contributed by atoms with Gasteiger partial charge in [0.1, 0.15) is 11.6 Å². The fourth-order valence-electron chi connectivity index (χ4n) is 2.47. The largest absolute Gasteiger partial charge is 0.322 e. The van der Waals surface area contributed by atoms with E-state index in [1.54, 1.807) is 11.3 Å². The molecule has 0 saturated heterocycles. The molecular formula is C19H16F2N2OS. The van der Waals surface area contributed by atoms with Gasteiger partial charge in [0, 0.05) is 10.9 Å². The lowest BCUT2D eigenvalue weighted by Gasteiger charge is -2.18. The third-order valence-electron chi connectivity index (χ3n) is 3.63. The molecule has 2 aromatic carbocycles. The van der Waals surface area contributed by atoms with Crippen molar-refractivity contribution in [2.24, 2.45) is 0 Å². The molecule has 0 bridgehead atoms. The predicted molar refractivity (Wildman–Crippen MR) is 95.6 cm³/mol. The minimum absolute atomic E-state index is 0.0343. The van der Waals surface area contributed by atoms with E-state index >= 15 is 0 Å². The van der Waals surface area contributed by atoms with Crippen molar-refractivity contribution in [2.75, 3.05) is 11.9 Å². The van der Waals surface area contributed by atoms with E-state index in [0.29, 0.717) is 0 Å². The number of benzene rings is 2. The Morgan fingerprint density at radius 3 is 2.56 bits per heavy atom. The second-order valence-electron chi connectivity index (χ2n) is 5.41. The Labute approximate surface area is 148 Å². The van der Waals surface area contributed by atoms with E-state index in [9.17, 15) is 13.6 Å². The van der Waals surface area contributed by atoms with Crippen molar-refractivity contribution in [3.8, 4) is 0 Å². The highest BCUT2D eigenvalue weighted by Gasteiger charge is 2.16. The molecule has 0 fully saturated rings. The van der Waals surface area contributed by atoms with Crippen LogP contribution < -0.4 is 10.6 Å². The summed E-state index contributed by atoms with van der Waals surface area (Å²) >= 11 is 1.58. The van der Waals surface area contributed by atoms with Crippen LogP contribution in [0.25, 0.3) is 0 Å². The second kappa shape index (κ2) is 8.00. The number of carbonyl (C=O) groups excluding carboxylic acids is 1. The molecule has 3 rings (SSSR count).